The third-order valence-corrected chi connectivity index (χ3v) is 5.20. The number of carbonyl (C=O) groups excluding carboxylic acids is 2. The molecule has 1 aromatic carbocycles. The predicted molar refractivity (Wildman–Crippen MR) is 123 cm³/mol. The standard InChI is InChI=1S/C26H23N3O4/c1-17-8-10-20(11-9-17)29-18(2)14-23(19(29)3)24(30)16-32-26(31)22-7-5-13-28-25(22)33-21-6-4-12-27-15-21/h4-15H,16H2,1-3H3. The third-order valence-electron chi connectivity index (χ3n) is 5.20. The van der Waals surface area contributed by atoms with E-state index in [1.807, 2.05) is 55.7 Å². The second-order valence-electron chi connectivity index (χ2n) is 7.60. The number of esters is 1. The smallest absolute Gasteiger partial charge is 0.344 e. The molecule has 0 aliphatic carbocycles. The lowest BCUT2D eigenvalue weighted by Gasteiger charge is -2.11. The van der Waals surface area contributed by atoms with Crippen LogP contribution in [0.4, 0.5) is 0 Å². The van der Waals surface area contributed by atoms with Gasteiger partial charge in [-0.15, -0.1) is 0 Å². The number of ether oxygens (including phenoxy) is 2. The van der Waals surface area contributed by atoms with E-state index in [-0.39, 0.29) is 17.2 Å². The molecule has 0 aliphatic heterocycles. The fourth-order valence-corrected chi connectivity index (χ4v) is 3.57. The van der Waals surface area contributed by atoms with E-state index in [0.29, 0.717) is 11.3 Å². The SMILES string of the molecule is Cc1ccc(-n2c(C)cc(C(=O)COC(=O)c3cccnc3Oc3cccnc3)c2C)cc1. The molecule has 0 saturated heterocycles. The highest BCUT2D eigenvalue weighted by atomic mass is 16.5. The van der Waals surface area contributed by atoms with Crippen molar-refractivity contribution in [2.45, 2.75) is 20.8 Å². The maximum Gasteiger partial charge on any atom is 0.344 e. The van der Waals surface area contributed by atoms with Crippen LogP contribution < -0.4 is 4.74 Å². The van der Waals surface area contributed by atoms with E-state index in [9.17, 15) is 9.59 Å². The quantitative estimate of drug-likeness (QED) is 0.296. The molecule has 0 bridgehead atoms. The molecule has 0 N–H and O–H groups in total. The highest BCUT2D eigenvalue weighted by molar-refractivity contribution is 6.01. The molecule has 3 aromatic heterocycles. The molecule has 7 nitrogen and oxygen atoms in total. The summed E-state index contributed by atoms with van der Waals surface area (Å²) >= 11 is 0. The fourth-order valence-electron chi connectivity index (χ4n) is 3.57. The molecule has 7 heteroatoms. The fraction of sp³-hybridized carbons (Fsp3) is 0.154. The van der Waals surface area contributed by atoms with E-state index in [0.717, 1.165) is 22.6 Å². The second-order valence-corrected chi connectivity index (χ2v) is 7.60. The van der Waals surface area contributed by atoms with Crippen LogP contribution >= 0.6 is 0 Å². The Hall–Kier alpha value is -4.26. The third kappa shape index (κ3) is 4.82. The van der Waals surface area contributed by atoms with Crippen LogP contribution in [0.2, 0.25) is 0 Å². The number of ketones is 1. The number of benzene rings is 1. The van der Waals surface area contributed by atoms with Crippen molar-refractivity contribution < 1.29 is 19.1 Å². The summed E-state index contributed by atoms with van der Waals surface area (Å²) in [5, 5.41) is 0. The molecule has 0 radical (unpaired) electrons. The molecule has 166 valence electrons. The second kappa shape index (κ2) is 9.48. The summed E-state index contributed by atoms with van der Waals surface area (Å²) < 4.78 is 13.0. The maximum atomic E-state index is 12.9. The van der Waals surface area contributed by atoms with E-state index in [1.54, 1.807) is 24.4 Å². The summed E-state index contributed by atoms with van der Waals surface area (Å²) in [7, 11) is 0. The molecule has 33 heavy (non-hydrogen) atoms. The number of nitrogens with zero attached hydrogens (tertiary/aromatic N) is 3. The largest absolute Gasteiger partial charge is 0.454 e. The summed E-state index contributed by atoms with van der Waals surface area (Å²) in [4.78, 5) is 33.7. The van der Waals surface area contributed by atoms with Crippen LogP contribution in [0.1, 0.15) is 37.7 Å². The van der Waals surface area contributed by atoms with Gasteiger partial charge in [0, 0.05) is 35.0 Å². The van der Waals surface area contributed by atoms with Gasteiger partial charge in [-0.25, -0.2) is 9.78 Å². The van der Waals surface area contributed by atoms with E-state index in [4.69, 9.17) is 9.47 Å². The minimum Gasteiger partial charge on any atom is -0.454 e. The Morgan fingerprint density at radius 1 is 0.939 bits per heavy atom. The van der Waals surface area contributed by atoms with Crippen LogP contribution in [0.25, 0.3) is 5.69 Å². The van der Waals surface area contributed by atoms with Crippen LogP contribution in [0.15, 0.2) is 73.2 Å². The molecule has 4 aromatic rings. The first kappa shape index (κ1) is 22.0. The lowest BCUT2D eigenvalue weighted by atomic mass is 10.1. The van der Waals surface area contributed by atoms with Crippen molar-refractivity contribution in [1.29, 1.82) is 0 Å². The number of pyridine rings is 2. The Bertz CT molecular complexity index is 1300. The lowest BCUT2D eigenvalue weighted by Crippen LogP contribution is -2.16. The van der Waals surface area contributed by atoms with Gasteiger partial charge in [0.25, 0.3) is 0 Å². The van der Waals surface area contributed by atoms with E-state index in [1.165, 1.54) is 18.5 Å². The molecule has 0 spiro atoms. The van der Waals surface area contributed by atoms with Crippen LogP contribution in [-0.2, 0) is 4.74 Å². The van der Waals surface area contributed by atoms with Gasteiger partial charge < -0.3 is 14.0 Å². The normalized spacial score (nSPS) is 10.6. The summed E-state index contributed by atoms with van der Waals surface area (Å²) in [5.41, 5.74) is 4.48. The molecule has 3 heterocycles. The first-order chi connectivity index (χ1) is 15.9. The van der Waals surface area contributed by atoms with Crippen molar-refractivity contribution in [1.82, 2.24) is 14.5 Å². The zero-order chi connectivity index (χ0) is 23.4. The van der Waals surface area contributed by atoms with Crippen molar-refractivity contribution in [2.24, 2.45) is 0 Å². The van der Waals surface area contributed by atoms with E-state index in [2.05, 4.69) is 9.97 Å². The summed E-state index contributed by atoms with van der Waals surface area (Å²) in [6.07, 6.45) is 4.63. The Morgan fingerprint density at radius 3 is 2.42 bits per heavy atom. The lowest BCUT2D eigenvalue weighted by molar-refractivity contribution is 0.0471. The van der Waals surface area contributed by atoms with Gasteiger partial charge >= 0.3 is 5.97 Å². The highest BCUT2D eigenvalue weighted by Crippen LogP contribution is 2.24. The van der Waals surface area contributed by atoms with Gasteiger partial charge in [-0.3, -0.25) is 9.78 Å². The average molecular weight is 441 g/mol. The van der Waals surface area contributed by atoms with Crippen LogP contribution in [-0.4, -0.2) is 32.9 Å². The molecule has 0 unspecified atom stereocenters. The Morgan fingerprint density at radius 2 is 1.70 bits per heavy atom. The van der Waals surface area contributed by atoms with Gasteiger partial charge in [-0.2, -0.15) is 0 Å². The van der Waals surface area contributed by atoms with Gasteiger partial charge in [0.15, 0.2) is 6.61 Å². The van der Waals surface area contributed by atoms with Crippen molar-refractivity contribution in [2.75, 3.05) is 6.61 Å². The molecular formula is C26H23N3O4. The topological polar surface area (TPSA) is 83.3 Å². The summed E-state index contributed by atoms with van der Waals surface area (Å²) in [6, 6.07) is 16.4. The van der Waals surface area contributed by atoms with Crippen LogP contribution in [0.5, 0.6) is 11.6 Å². The molecule has 4 rings (SSSR count). The average Bonchev–Trinajstić information content (AvgIpc) is 3.13. The first-order valence-electron chi connectivity index (χ1n) is 10.4. The highest BCUT2D eigenvalue weighted by Gasteiger charge is 2.21. The number of rotatable bonds is 7. The number of Topliss-reactive ketones (excluding diaryl/α,β-unsaturated/α-hetero) is 1. The molecule has 0 saturated carbocycles. The summed E-state index contributed by atoms with van der Waals surface area (Å²) in [5.74, 6) is -0.457. The van der Waals surface area contributed by atoms with Crippen molar-refractivity contribution in [3.8, 4) is 17.3 Å². The number of aryl methyl sites for hydroxylation is 2. The van der Waals surface area contributed by atoms with Gasteiger partial charge in [-0.05, 0) is 63.2 Å². The zero-order valence-electron chi connectivity index (χ0n) is 18.6. The molecule has 0 fully saturated rings. The Labute approximate surface area is 191 Å². The van der Waals surface area contributed by atoms with Crippen molar-refractivity contribution in [3.05, 3.63) is 101 Å². The molecule has 0 amide bonds. The number of carbonyl (C=O) groups is 2. The number of hydrogen-bond donors (Lipinski definition) is 0. The minimum atomic E-state index is -0.692. The molecular weight excluding hydrogens is 418 g/mol. The monoisotopic (exact) mass is 441 g/mol. The van der Waals surface area contributed by atoms with Gasteiger partial charge in [0.2, 0.25) is 11.7 Å². The first-order valence-corrected chi connectivity index (χ1v) is 10.4. The van der Waals surface area contributed by atoms with Crippen molar-refractivity contribution in [3.63, 3.8) is 0 Å². The minimum absolute atomic E-state index is 0.0838. The molecule has 0 aliphatic rings. The zero-order valence-corrected chi connectivity index (χ0v) is 18.6. The maximum absolute atomic E-state index is 12.9. The van der Waals surface area contributed by atoms with Crippen LogP contribution in [0, 0.1) is 20.8 Å². The summed E-state index contributed by atoms with van der Waals surface area (Å²) in [6.45, 7) is 5.45. The number of aromatic nitrogens is 3. The molecule has 0 atom stereocenters. The van der Waals surface area contributed by atoms with E-state index < -0.39 is 12.6 Å². The van der Waals surface area contributed by atoms with Gasteiger partial charge in [0.1, 0.15) is 11.3 Å². The van der Waals surface area contributed by atoms with Crippen LogP contribution in [0.3, 0.4) is 0 Å². The van der Waals surface area contributed by atoms with Crippen molar-refractivity contribution >= 4 is 11.8 Å². The van der Waals surface area contributed by atoms with Gasteiger partial charge in [0.05, 0.1) is 6.20 Å². The Kier molecular flexibility index (Phi) is 6.31. The predicted octanol–water partition coefficient (Wildman–Crippen LogP) is 5.02. The van der Waals surface area contributed by atoms with Gasteiger partial charge in [-0.1, -0.05) is 17.7 Å². The number of hydrogen-bond acceptors (Lipinski definition) is 6. The Balaban J connectivity index is 1.48. The van der Waals surface area contributed by atoms with E-state index >= 15 is 0 Å².